The summed E-state index contributed by atoms with van der Waals surface area (Å²) in [5, 5.41) is 16.8. The molecule has 1 saturated heterocycles. The Morgan fingerprint density at radius 3 is 2.85 bits per heavy atom. The highest BCUT2D eigenvalue weighted by Gasteiger charge is 2.17. The van der Waals surface area contributed by atoms with Gasteiger partial charge in [0, 0.05) is 66.8 Å². The second-order valence-corrected chi connectivity index (χ2v) is 9.90. The first-order chi connectivity index (χ1) is 19.1. The Balaban J connectivity index is 1.30. The molecule has 1 aliphatic heterocycles. The molecule has 9 nitrogen and oxygen atoms in total. The van der Waals surface area contributed by atoms with Gasteiger partial charge in [-0.1, -0.05) is 24.3 Å². The van der Waals surface area contributed by atoms with E-state index in [4.69, 9.17) is 9.72 Å². The molecule has 39 heavy (non-hydrogen) atoms. The fourth-order valence-electron chi connectivity index (χ4n) is 4.99. The van der Waals surface area contributed by atoms with Gasteiger partial charge in [-0.15, -0.1) is 0 Å². The molecule has 0 bridgehead atoms. The summed E-state index contributed by atoms with van der Waals surface area (Å²) in [6.45, 7) is 4.71. The lowest BCUT2D eigenvalue weighted by atomic mass is 10.0. The third-order valence-corrected chi connectivity index (χ3v) is 6.98. The molecule has 198 valence electrons. The average molecular weight is 521 g/mol. The van der Waals surface area contributed by atoms with Crippen LogP contribution in [0.4, 0.5) is 11.6 Å². The van der Waals surface area contributed by atoms with E-state index in [1.54, 1.807) is 12.4 Å². The van der Waals surface area contributed by atoms with E-state index >= 15 is 0 Å². The molecular formula is C30H32N8O. The van der Waals surface area contributed by atoms with Crippen molar-refractivity contribution in [3.63, 3.8) is 0 Å². The van der Waals surface area contributed by atoms with Crippen LogP contribution in [0.1, 0.15) is 24.0 Å². The van der Waals surface area contributed by atoms with Crippen molar-refractivity contribution < 1.29 is 4.74 Å². The number of rotatable bonds is 8. The van der Waals surface area contributed by atoms with Crippen LogP contribution in [0.5, 0.6) is 11.6 Å². The van der Waals surface area contributed by atoms with Crippen LogP contribution >= 0.6 is 0 Å². The molecule has 0 spiro atoms. The summed E-state index contributed by atoms with van der Waals surface area (Å²) < 4.78 is 8.39. The van der Waals surface area contributed by atoms with E-state index in [1.807, 2.05) is 48.4 Å². The maximum Gasteiger partial charge on any atom is 0.228 e. The zero-order valence-corrected chi connectivity index (χ0v) is 22.2. The van der Waals surface area contributed by atoms with E-state index in [-0.39, 0.29) is 0 Å². The summed E-state index contributed by atoms with van der Waals surface area (Å²) in [5.74, 6) is 1.89. The van der Waals surface area contributed by atoms with Crippen molar-refractivity contribution in [2.24, 2.45) is 7.05 Å². The molecule has 0 radical (unpaired) electrons. The zero-order valence-electron chi connectivity index (χ0n) is 22.2. The molecule has 3 N–H and O–H groups in total. The predicted octanol–water partition coefficient (Wildman–Crippen LogP) is 5.30. The third kappa shape index (κ3) is 5.53. The molecule has 1 fully saturated rings. The second-order valence-electron chi connectivity index (χ2n) is 9.90. The average Bonchev–Trinajstić information content (AvgIpc) is 3.39. The molecular weight excluding hydrogens is 488 g/mol. The van der Waals surface area contributed by atoms with E-state index in [0.717, 1.165) is 70.5 Å². The Hall–Kier alpha value is -4.50. The van der Waals surface area contributed by atoms with Crippen LogP contribution in [-0.2, 0) is 13.6 Å². The van der Waals surface area contributed by atoms with Crippen LogP contribution in [0.2, 0.25) is 0 Å². The van der Waals surface area contributed by atoms with Gasteiger partial charge in [0.25, 0.3) is 0 Å². The molecule has 0 aliphatic carbocycles. The minimum absolute atomic E-state index is 0.318. The number of ether oxygens (including phenoxy) is 1. The number of piperidine rings is 1. The summed E-state index contributed by atoms with van der Waals surface area (Å²) in [7, 11) is 1.92. The van der Waals surface area contributed by atoms with E-state index in [2.05, 4.69) is 62.2 Å². The Kier molecular flexibility index (Phi) is 7.05. The number of aromatic nitrogens is 5. The summed E-state index contributed by atoms with van der Waals surface area (Å²) in [4.78, 5) is 13.9. The molecule has 6 rings (SSSR count). The van der Waals surface area contributed by atoms with Crippen molar-refractivity contribution in [3.8, 4) is 22.9 Å². The number of anilines is 2. The Labute approximate surface area is 227 Å². The van der Waals surface area contributed by atoms with Gasteiger partial charge in [0.15, 0.2) is 0 Å². The number of fused-ring (bicyclic) bond motifs is 1. The van der Waals surface area contributed by atoms with Crippen molar-refractivity contribution >= 4 is 22.4 Å². The Morgan fingerprint density at radius 2 is 2.00 bits per heavy atom. The maximum atomic E-state index is 6.58. The molecule has 3 aromatic heterocycles. The first-order valence-electron chi connectivity index (χ1n) is 13.3. The van der Waals surface area contributed by atoms with E-state index < -0.39 is 0 Å². The van der Waals surface area contributed by atoms with E-state index in [1.165, 1.54) is 0 Å². The Bertz CT molecular complexity index is 1590. The van der Waals surface area contributed by atoms with Crippen molar-refractivity contribution in [2.45, 2.75) is 32.4 Å². The van der Waals surface area contributed by atoms with Crippen molar-refractivity contribution in [1.29, 1.82) is 0 Å². The SMILES string of the molecule is Cc1ccc2c(NCc3cnn(C)c3)cccc2c1Oc1ncccc1-c1ccnc(NC2CCCNC2)n1. The van der Waals surface area contributed by atoms with Gasteiger partial charge in [-0.25, -0.2) is 15.0 Å². The van der Waals surface area contributed by atoms with Crippen molar-refractivity contribution in [3.05, 3.63) is 84.4 Å². The van der Waals surface area contributed by atoms with Gasteiger partial charge >= 0.3 is 0 Å². The number of hydrogen-bond donors (Lipinski definition) is 3. The van der Waals surface area contributed by atoms with Crippen LogP contribution < -0.4 is 20.7 Å². The molecule has 0 amide bonds. The number of nitrogens with one attached hydrogen (secondary N) is 3. The molecule has 0 saturated carbocycles. The van der Waals surface area contributed by atoms with Crippen molar-refractivity contribution in [2.75, 3.05) is 23.7 Å². The van der Waals surface area contributed by atoms with Crippen LogP contribution in [-0.4, -0.2) is 43.9 Å². The normalized spacial score (nSPS) is 15.3. The van der Waals surface area contributed by atoms with E-state index in [0.29, 0.717) is 24.4 Å². The number of benzene rings is 2. The standard InChI is InChI=1S/C30H32N8O/c1-20-10-11-23-24(7-3-9-26(23)34-16-21-17-35-38(2)19-21)28(20)39-29-25(8-5-14-32-29)27-12-15-33-30(37-27)36-22-6-4-13-31-18-22/h3,5,7-12,14-15,17,19,22,31,34H,4,6,13,16,18H2,1-2H3,(H,33,36,37). The highest BCUT2D eigenvalue weighted by atomic mass is 16.5. The predicted molar refractivity (Wildman–Crippen MR) is 154 cm³/mol. The smallest absolute Gasteiger partial charge is 0.228 e. The van der Waals surface area contributed by atoms with Gasteiger partial charge in [-0.05, 0) is 56.1 Å². The monoisotopic (exact) mass is 520 g/mol. The molecule has 9 heteroatoms. The number of hydrogen-bond acceptors (Lipinski definition) is 8. The first kappa shape index (κ1) is 24.8. The van der Waals surface area contributed by atoms with Crippen LogP contribution in [0.15, 0.2) is 73.3 Å². The minimum Gasteiger partial charge on any atom is -0.437 e. The van der Waals surface area contributed by atoms with Gasteiger partial charge in [0.2, 0.25) is 11.8 Å². The molecule has 1 unspecified atom stereocenters. The summed E-state index contributed by atoms with van der Waals surface area (Å²) in [6.07, 6.45) is 9.65. The summed E-state index contributed by atoms with van der Waals surface area (Å²) in [6, 6.07) is 16.5. The van der Waals surface area contributed by atoms with Gasteiger partial charge in [-0.3, -0.25) is 4.68 Å². The van der Waals surface area contributed by atoms with Crippen molar-refractivity contribution in [1.82, 2.24) is 30.0 Å². The second kappa shape index (κ2) is 11.1. The lowest BCUT2D eigenvalue weighted by molar-refractivity contribution is 0.466. The van der Waals surface area contributed by atoms with Crippen LogP contribution in [0.3, 0.4) is 0 Å². The highest BCUT2D eigenvalue weighted by Crippen LogP contribution is 2.38. The summed E-state index contributed by atoms with van der Waals surface area (Å²) in [5.41, 5.74) is 4.75. The third-order valence-electron chi connectivity index (χ3n) is 6.98. The molecule has 4 heterocycles. The molecule has 2 aromatic carbocycles. The van der Waals surface area contributed by atoms with Crippen LogP contribution in [0.25, 0.3) is 22.0 Å². The number of aryl methyl sites for hydroxylation is 2. The molecule has 1 atom stereocenters. The lowest BCUT2D eigenvalue weighted by Gasteiger charge is -2.23. The largest absolute Gasteiger partial charge is 0.437 e. The summed E-state index contributed by atoms with van der Waals surface area (Å²) >= 11 is 0. The van der Waals surface area contributed by atoms with E-state index in [9.17, 15) is 0 Å². The van der Waals surface area contributed by atoms with Gasteiger partial charge < -0.3 is 20.7 Å². The Morgan fingerprint density at radius 1 is 1.05 bits per heavy atom. The van der Waals surface area contributed by atoms with Gasteiger partial charge in [0.05, 0.1) is 17.5 Å². The minimum atomic E-state index is 0.318. The number of pyridine rings is 1. The fraction of sp³-hybridized carbons (Fsp3) is 0.267. The molecule has 5 aromatic rings. The van der Waals surface area contributed by atoms with Gasteiger partial charge in [0.1, 0.15) is 5.75 Å². The number of nitrogens with zero attached hydrogens (tertiary/aromatic N) is 5. The maximum absolute atomic E-state index is 6.58. The topological polar surface area (TPSA) is 102 Å². The highest BCUT2D eigenvalue weighted by molar-refractivity contribution is 5.98. The van der Waals surface area contributed by atoms with Gasteiger partial charge in [-0.2, -0.15) is 5.10 Å². The fourth-order valence-corrected chi connectivity index (χ4v) is 4.99. The lowest BCUT2D eigenvalue weighted by Crippen LogP contribution is -2.38. The zero-order chi connectivity index (χ0) is 26.6. The first-order valence-corrected chi connectivity index (χ1v) is 13.3. The van der Waals surface area contributed by atoms with Crippen LogP contribution in [0, 0.1) is 6.92 Å². The molecule has 1 aliphatic rings. The quantitative estimate of drug-likeness (QED) is 0.253.